The van der Waals surface area contributed by atoms with Gasteiger partial charge in [-0.1, -0.05) is 29.8 Å². The van der Waals surface area contributed by atoms with Gasteiger partial charge in [0.15, 0.2) is 12.4 Å². The second-order valence-electron chi connectivity index (χ2n) is 4.42. The van der Waals surface area contributed by atoms with Crippen LogP contribution < -0.4 is 4.74 Å². The standard InChI is InChI=1S/C16H11ClF2O4/c17-12-5-1-3-10(7-12)14(20)9-22-15(21)11-4-2-6-13(8-11)23-16(18)19/h1-8,16H,9H2. The Morgan fingerprint density at radius 2 is 1.74 bits per heavy atom. The molecule has 0 bridgehead atoms. The quantitative estimate of drug-likeness (QED) is 0.589. The Morgan fingerprint density at radius 3 is 2.43 bits per heavy atom. The van der Waals surface area contributed by atoms with Gasteiger partial charge in [0.1, 0.15) is 5.75 Å². The number of rotatable bonds is 6. The Hall–Kier alpha value is -2.47. The third kappa shape index (κ3) is 5.03. The molecule has 2 aromatic rings. The first-order chi connectivity index (χ1) is 11.0. The van der Waals surface area contributed by atoms with Crippen LogP contribution in [-0.4, -0.2) is 25.0 Å². The number of ether oxygens (including phenoxy) is 2. The molecule has 0 aliphatic heterocycles. The SMILES string of the molecule is O=C(COC(=O)c1cccc(OC(F)F)c1)c1cccc(Cl)c1. The summed E-state index contributed by atoms with van der Waals surface area (Å²) in [7, 11) is 0. The Bertz CT molecular complexity index is 719. The topological polar surface area (TPSA) is 52.6 Å². The number of Topliss-reactive ketones (excluding diaryl/α,β-unsaturated/α-hetero) is 1. The van der Waals surface area contributed by atoms with Crippen LogP contribution in [0.4, 0.5) is 8.78 Å². The fourth-order valence-electron chi connectivity index (χ4n) is 1.76. The lowest BCUT2D eigenvalue weighted by molar-refractivity contribution is -0.0499. The highest BCUT2D eigenvalue weighted by Crippen LogP contribution is 2.17. The van der Waals surface area contributed by atoms with Crippen LogP contribution in [0.15, 0.2) is 48.5 Å². The van der Waals surface area contributed by atoms with Gasteiger partial charge in [0.25, 0.3) is 0 Å². The van der Waals surface area contributed by atoms with Crippen molar-refractivity contribution in [2.45, 2.75) is 6.61 Å². The molecule has 7 heteroatoms. The van der Waals surface area contributed by atoms with E-state index in [0.29, 0.717) is 10.6 Å². The first kappa shape index (κ1) is 16.9. The summed E-state index contributed by atoms with van der Waals surface area (Å²) in [6, 6.07) is 11.3. The van der Waals surface area contributed by atoms with Gasteiger partial charge < -0.3 is 9.47 Å². The van der Waals surface area contributed by atoms with Crippen molar-refractivity contribution in [1.29, 1.82) is 0 Å². The van der Waals surface area contributed by atoms with Crippen LogP contribution in [-0.2, 0) is 4.74 Å². The molecule has 0 amide bonds. The number of alkyl halides is 2. The maximum atomic E-state index is 12.1. The minimum atomic E-state index is -2.99. The smallest absolute Gasteiger partial charge is 0.387 e. The van der Waals surface area contributed by atoms with Crippen LogP contribution in [0.5, 0.6) is 5.75 Å². The first-order valence-electron chi connectivity index (χ1n) is 6.46. The lowest BCUT2D eigenvalue weighted by Crippen LogP contribution is -2.14. The first-order valence-corrected chi connectivity index (χ1v) is 6.84. The molecular weight excluding hydrogens is 330 g/mol. The predicted molar refractivity (Wildman–Crippen MR) is 79.1 cm³/mol. The average molecular weight is 341 g/mol. The summed E-state index contributed by atoms with van der Waals surface area (Å²) in [4.78, 5) is 23.7. The Labute approximate surface area is 135 Å². The van der Waals surface area contributed by atoms with Crippen LogP contribution in [0.3, 0.4) is 0 Å². The van der Waals surface area contributed by atoms with Crippen molar-refractivity contribution in [3.8, 4) is 5.75 Å². The van der Waals surface area contributed by atoms with Gasteiger partial charge in [0.2, 0.25) is 0 Å². The fraction of sp³-hybridized carbons (Fsp3) is 0.125. The lowest BCUT2D eigenvalue weighted by Gasteiger charge is -2.07. The van der Waals surface area contributed by atoms with Gasteiger partial charge in [0.05, 0.1) is 5.56 Å². The maximum Gasteiger partial charge on any atom is 0.387 e. The summed E-state index contributed by atoms with van der Waals surface area (Å²) in [6.45, 7) is -3.48. The van der Waals surface area contributed by atoms with Crippen molar-refractivity contribution in [2.75, 3.05) is 6.61 Å². The molecular formula is C16H11ClF2O4. The number of benzene rings is 2. The second-order valence-corrected chi connectivity index (χ2v) is 4.85. The van der Waals surface area contributed by atoms with Gasteiger partial charge in [0, 0.05) is 10.6 Å². The summed E-state index contributed by atoms with van der Waals surface area (Å²) in [5, 5.41) is 0.388. The van der Waals surface area contributed by atoms with Crippen molar-refractivity contribution in [3.05, 3.63) is 64.7 Å². The summed E-state index contributed by atoms with van der Waals surface area (Å²) in [5.41, 5.74) is 0.308. The van der Waals surface area contributed by atoms with E-state index in [9.17, 15) is 18.4 Å². The van der Waals surface area contributed by atoms with E-state index in [1.807, 2.05) is 0 Å². The highest BCUT2D eigenvalue weighted by Gasteiger charge is 2.13. The van der Waals surface area contributed by atoms with E-state index in [-0.39, 0.29) is 11.3 Å². The van der Waals surface area contributed by atoms with Crippen LogP contribution in [0.1, 0.15) is 20.7 Å². The molecule has 0 radical (unpaired) electrons. The Morgan fingerprint density at radius 1 is 1.04 bits per heavy atom. The number of hydrogen-bond donors (Lipinski definition) is 0. The van der Waals surface area contributed by atoms with Crippen molar-refractivity contribution in [2.24, 2.45) is 0 Å². The van der Waals surface area contributed by atoms with E-state index in [2.05, 4.69) is 4.74 Å². The highest BCUT2D eigenvalue weighted by atomic mass is 35.5. The molecule has 2 aromatic carbocycles. The summed E-state index contributed by atoms with van der Waals surface area (Å²) in [5.74, 6) is -1.42. The van der Waals surface area contributed by atoms with Crippen molar-refractivity contribution >= 4 is 23.4 Å². The number of carbonyl (C=O) groups excluding carboxylic acids is 2. The van der Waals surface area contributed by atoms with Gasteiger partial charge in [-0.2, -0.15) is 8.78 Å². The third-order valence-corrected chi connectivity index (χ3v) is 3.01. The van der Waals surface area contributed by atoms with Crippen LogP contribution >= 0.6 is 11.6 Å². The normalized spacial score (nSPS) is 10.4. The van der Waals surface area contributed by atoms with Crippen molar-refractivity contribution < 1.29 is 27.8 Å². The molecule has 2 rings (SSSR count). The zero-order valence-electron chi connectivity index (χ0n) is 11.7. The zero-order valence-corrected chi connectivity index (χ0v) is 12.4. The molecule has 0 aliphatic carbocycles. The summed E-state index contributed by atoms with van der Waals surface area (Å²) < 4.78 is 33.3. The summed E-state index contributed by atoms with van der Waals surface area (Å²) in [6.07, 6.45) is 0. The molecule has 0 unspecified atom stereocenters. The van der Waals surface area contributed by atoms with E-state index in [1.165, 1.54) is 24.3 Å². The van der Waals surface area contributed by atoms with Crippen molar-refractivity contribution in [1.82, 2.24) is 0 Å². The van der Waals surface area contributed by atoms with E-state index < -0.39 is 25.0 Å². The van der Waals surface area contributed by atoms with Gasteiger partial charge >= 0.3 is 12.6 Å². The molecule has 0 heterocycles. The fourth-order valence-corrected chi connectivity index (χ4v) is 1.95. The second kappa shape index (κ2) is 7.69. The van der Waals surface area contributed by atoms with Gasteiger partial charge in [-0.25, -0.2) is 4.79 Å². The lowest BCUT2D eigenvalue weighted by atomic mass is 10.1. The van der Waals surface area contributed by atoms with Crippen LogP contribution in [0, 0.1) is 0 Å². The molecule has 0 atom stereocenters. The van der Waals surface area contributed by atoms with Gasteiger partial charge in [-0.3, -0.25) is 4.79 Å². The molecule has 0 saturated heterocycles. The number of esters is 1. The molecule has 4 nitrogen and oxygen atoms in total. The number of halogens is 3. The van der Waals surface area contributed by atoms with E-state index in [1.54, 1.807) is 18.2 Å². The minimum absolute atomic E-state index is 0.00189. The Balaban J connectivity index is 1.98. The predicted octanol–water partition coefficient (Wildman–Crippen LogP) is 3.98. The maximum absolute atomic E-state index is 12.1. The van der Waals surface area contributed by atoms with E-state index in [0.717, 1.165) is 6.07 Å². The molecule has 23 heavy (non-hydrogen) atoms. The molecule has 0 aliphatic rings. The number of carbonyl (C=O) groups is 2. The molecule has 0 aromatic heterocycles. The monoisotopic (exact) mass is 340 g/mol. The Kier molecular flexibility index (Phi) is 5.65. The number of hydrogen-bond acceptors (Lipinski definition) is 4. The molecule has 0 fully saturated rings. The summed E-state index contributed by atoms with van der Waals surface area (Å²) >= 11 is 5.77. The molecule has 0 N–H and O–H groups in total. The van der Waals surface area contributed by atoms with E-state index in [4.69, 9.17) is 16.3 Å². The van der Waals surface area contributed by atoms with Gasteiger partial charge in [-0.15, -0.1) is 0 Å². The minimum Gasteiger partial charge on any atom is -0.454 e. The third-order valence-electron chi connectivity index (χ3n) is 2.78. The molecule has 120 valence electrons. The largest absolute Gasteiger partial charge is 0.454 e. The number of ketones is 1. The zero-order chi connectivity index (χ0) is 16.8. The molecule has 0 spiro atoms. The highest BCUT2D eigenvalue weighted by molar-refractivity contribution is 6.31. The van der Waals surface area contributed by atoms with E-state index >= 15 is 0 Å². The molecule has 0 saturated carbocycles. The van der Waals surface area contributed by atoms with Crippen molar-refractivity contribution in [3.63, 3.8) is 0 Å². The van der Waals surface area contributed by atoms with Crippen LogP contribution in [0.2, 0.25) is 5.02 Å². The average Bonchev–Trinajstić information content (AvgIpc) is 2.52. The van der Waals surface area contributed by atoms with Gasteiger partial charge in [-0.05, 0) is 30.3 Å². The van der Waals surface area contributed by atoms with Crippen LogP contribution in [0.25, 0.3) is 0 Å².